The summed E-state index contributed by atoms with van der Waals surface area (Å²) in [6.45, 7) is 4.08. The van der Waals surface area contributed by atoms with Crippen molar-refractivity contribution < 1.29 is 9.53 Å². The summed E-state index contributed by atoms with van der Waals surface area (Å²) in [6, 6.07) is 13.7. The van der Waals surface area contributed by atoms with Crippen LogP contribution in [0.5, 0.6) is 5.75 Å². The number of benzene rings is 2. The van der Waals surface area contributed by atoms with Gasteiger partial charge in [0.05, 0.1) is 7.11 Å². The van der Waals surface area contributed by atoms with E-state index in [-0.39, 0.29) is 5.91 Å². The number of hydrogen-bond acceptors (Lipinski definition) is 3. The molecule has 24 heavy (non-hydrogen) atoms. The van der Waals surface area contributed by atoms with Crippen LogP contribution in [-0.2, 0) is 11.2 Å². The predicted molar refractivity (Wildman–Crippen MR) is 96.2 cm³/mol. The second-order valence-corrected chi connectivity index (χ2v) is 5.68. The van der Waals surface area contributed by atoms with Crippen molar-refractivity contribution >= 4 is 17.8 Å². The Labute approximate surface area is 141 Å². The fourth-order valence-electron chi connectivity index (χ4n) is 2.76. The highest BCUT2D eigenvalue weighted by Gasteiger charge is 2.22. The molecule has 1 amide bonds. The monoisotopic (exact) mass is 320 g/mol. The minimum absolute atomic E-state index is 0.179. The van der Waals surface area contributed by atoms with Crippen molar-refractivity contribution in [3.8, 4) is 5.75 Å². The highest BCUT2D eigenvalue weighted by atomic mass is 16.5. The molecule has 4 heteroatoms. The van der Waals surface area contributed by atoms with Gasteiger partial charge in [0.2, 0.25) is 0 Å². The van der Waals surface area contributed by atoms with Crippen molar-refractivity contribution in [3.63, 3.8) is 0 Å². The molecule has 122 valence electrons. The minimum Gasteiger partial charge on any atom is -0.496 e. The summed E-state index contributed by atoms with van der Waals surface area (Å²) in [7, 11) is 1.66. The normalized spacial score (nSPS) is 15.4. The van der Waals surface area contributed by atoms with Crippen LogP contribution in [0.4, 0.5) is 0 Å². The van der Waals surface area contributed by atoms with Gasteiger partial charge in [-0.15, -0.1) is 0 Å². The van der Waals surface area contributed by atoms with Crippen LogP contribution in [0.15, 0.2) is 53.2 Å². The number of nitrogens with one attached hydrogen (secondary N) is 1. The van der Waals surface area contributed by atoms with Crippen LogP contribution in [0.3, 0.4) is 0 Å². The molecule has 2 aromatic carbocycles. The number of aryl methyl sites for hydroxylation is 2. The van der Waals surface area contributed by atoms with Gasteiger partial charge in [-0.2, -0.15) is 0 Å². The van der Waals surface area contributed by atoms with E-state index in [1.807, 2.05) is 49.4 Å². The zero-order valence-electron chi connectivity index (χ0n) is 14.1. The number of carbonyl (C=O) groups excluding carboxylic acids is 1. The van der Waals surface area contributed by atoms with Gasteiger partial charge >= 0.3 is 0 Å². The standard InChI is InChI=1S/C20H20N2O2/c1-4-15-11-14(9-10-18(15)24-3)12-17-20(23)22-19(21-17)16-8-6-5-7-13(16)2/h5-12H,4H2,1-3H3,(H,21,22,23)/b17-12+. The molecule has 0 saturated carbocycles. The smallest absolute Gasteiger partial charge is 0.275 e. The van der Waals surface area contributed by atoms with E-state index >= 15 is 0 Å². The molecule has 3 rings (SSSR count). The lowest BCUT2D eigenvalue weighted by atomic mass is 10.1. The fourth-order valence-corrected chi connectivity index (χ4v) is 2.76. The Kier molecular flexibility index (Phi) is 4.47. The van der Waals surface area contributed by atoms with Crippen LogP contribution in [0.1, 0.15) is 29.2 Å². The average Bonchev–Trinajstić information content (AvgIpc) is 2.95. The number of hydrogen-bond donors (Lipinski definition) is 1. The maximum absolute atomic E-state index is 12.2. The molecule has 0 atom stereocenters. The average molecular weight is 320 g/mol. The molecule has 0 aliphatic carbocycles. The highest BCUT2D eigenvalue weighted by molar-refractivity contribution is 6.20. The molecule has 1 aliphatic rings. The Hall–Kier alpha value is -2.88. The molecule has 1 N–H and O–H groups in total. The largest absolute Gasteiger partial charge is 0.496 e. The lowest BCUT2D eigenvalue weighted by Crippen LogP contribution is -2.25. The summed E-state index contributed by atoms with van der Waals surface area (Å²) in [6.07, 6.45) is 2.67. The van der Waals surface area contributed by atoms with Crippen molar-refractivity contribution in [3.05, 3.63) is 70.4 Å². The molecule has 0 saturated heterocycles. The summed E-state index contributed by atoms with van der Waals surface area (Å²) in [5, 5.41) is 2.85. The Balaban J connectivity index is 1.96. The minimum atomic E-state index is -0.179. The lowest BCUT2D eigenvalue weighted by molar-refractivity contribution is -0.115. The Morgan fingerprint density at radius 1 is 1.21 bits per heavy atom. The maximum Gasteiger partial charge on any atom is 0.275 e. The number of aliphatic imine (C=N–C) groups is 1. The van der Waals surface area contributed by atoms with E-state index in [1.54, 1.807) is 13.2 Å². The van der Waals surface area contributed by atoms with Gasteiger partial charge in [0, 0.05) is 5.56 Å². The van der Waals surface area contributed by atoms with E-state index in [0.29, 0.717) is 11.5 Å². The van der Waals surface area contributed by atoms with Crippen molar-refractivity contribution in [1.82, 2.24) is 5.32 Å². The third-order valence-electron chi connectivity index (χ3n) is 4.09. The van der Waals surface area contributed by atoms with Gasteiger partial charge in [0.15, 0.2) is 0 Å². The van der Waals surface area contributed by atoms with Crippen LogP contribution < -0.4 is 10.1 Å². The molecule has 0 fully saturated rings. The van der Waals surface area contributed by atoms with Gasteiger partial charge in [0.1, 0.15) is 17.3 Å². The zero-order valence-corrected chi connectivity index (χ0v) is 14.1. The molecule has 0 radical (unpaired) electrons. The Morgan fingerprint density at radius 2 is 2.00 bits per heavy atom. The van der Waals surface area contributed by atoms with E-state index in [1.165, 1.54) is 0 Å². The molecule has 0 bridgehead atoms. The van der Waals surface area contributed by atoms with E-state index in [9.17, 15) is 4.79 Å². The van der Waals surface area contributed by atoms with Gasteiger partial charge < -0.3 is 10.1 Å². The summed E-state index contributed by atoms with van der Waals surface area (Å²) in [5.74, 6) is 1.29. The van der Waals surface area contributed by atoms with E-state index < -0.39 is 0 Å². The number of methoxy groups -OCH3 is 1. The summed E-state index contributed by atoms with van der Waals surface area (Å²) < 4.78 is 5.34. The fraction of sp³-hybridized carbons (Fsp3) is 0.200. The van der Waals surface area contributed by atoms with E-state index in [4.69, 9.17) is 4.74 Å². The van der Waals surface area contributed by atoms with Gasteiger partial charge in [-0.3, -0.25) is 4.79 Å². The Bertz CT molecular complexity index is 850. The number of amidine groups is 1. The second kappa shape index (κ2) is 6.71. The molecule has 4 nitrogen and oxygen atoms in total. The first-order valence-electron chi connectivity index (χ1n) is 7.97. The van der Waals surface area contributed by atoms with Crippen LogP contribution in [-0.4, -0.2) is 18.9 Å². The molecular formula is C20H20N2O2. The number of carbonyl (C=O) groups is 1. The molecular weight excluding hydrogens is 300 g/mol. The molecule has 2 aromatic rings. The van der Waals surface area contributed by atoms with E-state index in [0.717, 1.165) is 34.4 Å². The molecule has 1 aliphatic heterocycles. The molecule has 1 heterocycles. The molecule has 0 aromatic heterocycles. The summed E-state index contributed by atoms with van der Waals surface area (Å²) in [5.41, 5.74) is 4.48. The number of rotatable bonds is 4. The van der Waals surface area contributed by atoms with Gasteiger partial charge in [-0.05, 0) is 48.2 Å². The summed E-state index contributed by atoms with van der Waals surface area (Å²) >= 11 is 0. The predicted octanol–water partition coefficient (Wildman–Crippen LogP) is 3.48. The van der Waals surface area contributed by atoms with Crippen LogP contribution in [0.2, 0.25) is 0 Å². The maximum atomic E-state index is 12.2. The molecule has 0 spiro atoms. The number of nitrogens with zero attached hydrogens (tertiary/aromatic N) is 1. The quantitative estimate of drug-likeness (QED) is 0.877. The molecule has 0 unspecified atom stereocenters. The first-order chi connectivity index (χ1) is 11.6. The van der Waals surface area contributed by atoms with Crippen molar-refractivity contribution in [2.24, 2.45) is 4.99 Å². The first kappa shape index (κ1) is 16.0. The topological polar surface area (TPSA) is 50.7 Å². The van der Waals surface area contributed by atoms with Crippen LogP contribution in [0.25, 0.3) is 6.08 Å². The van der Waals surface area contributed by atoms with Crippen molar-refractivity contribution in [2.75, 3.05) is 7.11 Å². The van der Waals surface area contributed by atoms with Gasteiger partial charge in [0.25, 0.3) is 5.91 Å². The van der Waals surface area contributed by atoms with Crippen LogP contribution in [0, 0.1) is 6.92 Å². The van der Waals surface area contributed by atoms with Gasteiger partial charge in [-0.1, -0.05) is 37.3 Å². The highest BCUT2D eigenvalue weighted by Crippen LogP contribution is 2.23. The number of amides is 1. The third-order valence-corrected chi connectivity index (χ3v) is 4.09. The summed E-state index contributed by atoms with van der Waals surface area (Å²) in [4.78, 5) is 16.7. The zero-order chi connectivity index (χ0) is 17.1. The van der Waals surface area contributed by atoms with Crippen LogP contribution >= 0.6 is 0 Å². The number of ether oxygens (including phenoxy) is 1. The SMILES string of the molecule is CCc1cc(/C=C2/N=C(c3ccccc3C)NC2=O)ccc1OC. The third kappa shape index (κ3) is 3.08. The lowest BCUT2D eigenvalue weighted by Gasteiger charge is -2.07. The van der Waals surface area contributed by atoms with Crippen molar-refractivity contribution in [1.29, 1.82) is 0 Å². The van der Waals surface area contributed by atoms with Gasteiger partial charge in [-0.25, -0.2) is 4.99 Å². The first-order valence-corrected chi connectivity index (χ1v) is 7.97. The Morgan fingerprint density at radius 3 is 2.71 bits per heavy atom. The second-order valence-electron chi connectivity index (χ2n) is 5.68. The van der Waals surface area contributed by atoms with Crippen molar-refractivity contribution in [2.45, 2.75) is 20.3 Å². The van der Waals surface area contributed by atoms with E-state index in [2.05, 4.69) is 17.2 Å².